The number of nitrogens with one attached hydrogen (secondary N) is 2. The lowest BCUT2D eigenvalue weighted by Crippen LogP contribution is -2.15. The molecule has 3 aromatic rings. The van der Waals surface area contributed by atoms with Gasteiger partial charge in [0.15, 0.2) is 5.82 Å². The summed E-state index contributed by atoms with van der Waals surface area (Å²) in [7, 11) is 0. The van der Waals surface area contributed by atoms with Gasteiger partial charge in [-0.2, -0.15) is 5.10 Å². The van der Waals surface area contributed by atoms with Crippen LogP contribution in [-0.2, 0) is 4.79 Å². The molecule has 25 heavy (non-hydrogen) atoms. The van der Waals surface area contributed by atoms with Gasteiger partial charge in [-0.3, -0.25) is 9.89 Å². The van der Waals surface area contributed by atoms with E-state index in [4.69, 9.17) is 0 Å². The molecule has 0 aliphatic heterocycles. The molecule has 0 radical (unpaired) electrons. The van der Waals surface area contributed by atoms with Gasteiger partial charge < -0.3 is 5.32 Å². The third kappa shape index (κ3) is 4.09. The fourth-order valence-corrected chi connectivity index (χ4v) is 2.64. The van der Waals surface area contributed by atoms with Gasteiger partial charge in [-0.05, 0) is 42.7 Å². The molecule has 0 aliphatic rings. The van der Waals surface area contributed by atoms with Crippen molar-refractivity contribution in [3.8, 4) is 11.4 Å². The number of halogens is 1. The van der Waals surface area contributed by atoms with E-state index < -0.39 is 0 Å². The minimum atomic E-state index is -0.281. The van der Waals surface area contributed by atoms with Gasteiger partial charge in [0.25, 0.3) is 0 Å². The number of hydrogen-bond donors (Lipinski definition) is 2. The second-order valence-electron chi connectivity index (χ2n) is 5.99. The van der Waals surface area contributed by atoms with Crippen LogP contribution in [0.3, 0.4) is 0 Å². The van der Waals surface area contributed by atoms with Crippen LogP contribution in [0.25, 0.3) is 11.4 Å². The quantitative estimate of drug-likeness (QED) is 0.737. The van der Waals surface area contributed by atoms with E-state index in [-0.39, 0.29) is 17.6 Å². The van der Waals surface area contributed by atoms with Gasteiger partial charge >= 0.3 is 0 Å². The van der Waals surface area contributed by atoms with E-state index in [0.717, 1.165) is 11.1 Å². The first kappa shape index (κ1) is 16.8. The number of carbonyl (C=O) groups excluding carboxylic acids is 1. The van der Waals surface area contributed by atoms with Crippen LogP contribution in [0.15, 0.2) is 48.5 Å². The zero-order valence-electron chi connectivity index (χ0n) is 14.1. The molecule has 6 heteroatoms. The Morgan fingerprint density at radius 2 is 1.92 bits per heavy atom. The molecule has 1 unspecified atom stereocenters. The summed E-state index contributed by atoms with van der Waals surface area (Å²) < 4.78 is 13.0. The third-order valence-electron chi connectivity index (χ3n) is 3.97. The topological polar surface area (TPSA) is 70.7 Å². The summed E-state index contributed by atoms with van der Waals surface area (Å²) in [6, 6.07) is 13.6. The Hall–Kier alpha value is -3.02. The second kappa shape index (κ2) is 7.25. The van der Waals surface area contributed by atoms with Gasteiger partial charge in [0.05, 0.1) is 5.69 Å². The SMILES string of the molecule is Cc1nc(-c2ccccc2NC(=O)CC(C)c2ccc(F)cc2)n[nH]1. The number of anilines is 1. The van der Waals surface area contributed by atoms with Crippen molar-refractivity contribution in [1.29, 1.82) is 0 Å². The van der Waals surface area contributed by atoms with Crippen molar-refractivity contribution >= 4 is 11.6 Å². The van der Waals surface area contributed by atoms with E-state index in [1.165, 1.54) is 12.1 Å². The Balaban J connectivity index is 1.72. The first-order valence-corrected chi connectivity index (χ1v) is 8.06. The molecule has 0 saturated heterocycles. The number of hydrogen-bond acceptors (Lipinski definition) is 3. The number of amides is 1. The third-order valence-corrected chi connectivity index (χ3v) is 3.97. The molecule has 128 valence electrons. The molecule has 2 N–H and O–H groups in total. The van der Waals surface area contributed by atoms with Crippen molar-refractivity contribution in [2.24, 2.45) is 0 Å². The first-order chi connectivity index (χ1) is 12.0. The summed E-state index contributed by atoms with van der Waals surface area (Å²) in [6.45, 7) is 3.76. The monoisotopic (exact) mass is 338 g/mol. The lowest BCUT2D eigenvalue weighted by Gasteiger charge is -2.13. The summed E-state index contributed by atoms with van der Waals surface area (Å²) in [5, 5.41) is 9.87. The van der Waals surface area contributed by atoms with E-state index in [9.17, 15) is 9.18 Å². The number of rotatable bonds is 5. The van der Waals surface area contributed by atoms with Crippen molar-refractivity contribution in [1.82, 2.24) is 15.2 Å². The normalized spacial score (nSPS) is 12.0. The molecule has 1 atom stereocenters. The van der Waals surface area contributed by atoms with Crippen LogP contribution in [0.1, 0.15) is 30.7 Å². The number of carbonyl (C=O) groups is 1. The fourth-order valence-electron chi connectivity index (χ4n) is 2.64. The highest BCUT2D eigenvalue weighted by Crippen LogP contribution is 2.26. The van der Waals surface area contributed by atoms with Gasteiger partial charge in [0.2, 0.25) is 5.91 Å². The smallest absolute Gasteiger partial charge is 0.224 e. The molecule has 2 aromatic carbocycles. The van der Waals surface area contributed by atoms with E-state index in [2.05, 4.69) is 20.5 Å². The molecule has 0 fully saturated rings. The Kier molecular flexibility index (Phi) is 4.88. The maximum Gasteiger partial charge on any atom is 0.224 e. The average molecular weight is 338 g/mol. The molecule has 1 heterocycles. The molecule has 5 nitrogen and oxygen atoms in total. The van der Waals surface area contributed by atoms with Crippen molar-refractivity contribution in [2.45, 2.75) is 26.2 Å². The van der Waals surface area contributed by atoms with Crippen molar-refractivity contribution in [3.63, 3.8) is 0 Å². The number of aromatic amines is 1. The lowest BCUT2D eigenvalue weighted by atomic mass is 9.97. The maximum absolute atomic E-state index is 13.0. The van der Waals surface area contributed by atoms with Crippen LogP contribution in [0.2, 0.25) is 0 Å². The summed E-state index contributed by atoms with van der Waals surface area (Å²) in [5.74, 6) is 0.840. The Bertz CT molecular complexity index is 873. The van der Waals surface area contributed by atoms with Crippen LogP contribution >= 0.6 is 0 Å². The molecule has 1 amide bonds. The van der Waals surface area contributed by atoms with Crippen molar-refractivity contribution < 1.29 is 9.18 Å². The average Bonchev–Trinajstić information content (AvgIpc) is 3.02. The molecular weight excluding hydrogens is 319 g/mol. The Morgan fingerprint density at radius 1 is 1.20 bits per heavy atom. The zero-order valence-corrected chi connectivity index (χ0v) is 14.1. The highest BCUT2D eigenvalue weighted by atomic mass is 19.1. The van der Waals surface area contributed by atoms with Gasteiger partial charge in [-0.25, -0.2) is 9.37 Å². The van der Waals surface area contributed by atoms with Crippen molar-refractivity contribution in [2.75, 3.05) is 5.32 Å². The van der Waals surface area contributed by atoms with Gasteiger partial charge in [0, 0.05) is 12.0 Å². The molecular formula is C19H19FN4O. The minimum absolute atomic E-state index is 0.0153. The largest absolute Gasteiger partial charge is 0.325 e. The predicted octanol–water partition coefficient (Wildman–Crippen LogP) is 4.05. The summed E-state index contributed by atoms with van der Waals surface area (Å²) >= 11 is 0. The predicted molar refractivity (Wildman–Crippen MR) is 94.6 cm³/mol. The van der Waals surface area contributed by atoms with E-state index >= 15 is 0 Å². The van der Waals surface area contributed by atoms with Crippen LogP contribution in [0.5, 0.6) is 0 Å². The number of H-pyrrole nitrogens is 1. The lowest BCUT2D eigenvalue weighted by molar-refractivity contribution is -0.116. The first-order valence-electron chi connectivity index (χ1n) is 8.06. The number of para-hydroxylation sites is 1. The van der Waals surface area contributed by atoms with Crippen LogP contribution in [0.4, 0.5) is 10.1 Å². The van der Waals surface area contributed by atoms with Crippen LogP contribution < -0.4 is 5.32 Å². The maximum atomic E-state index is 13.0. The number of nitrogens with zero attached hydrogens (tertiary/aromatic N) is 2. The highest BCUT2D eigenvalue weighted by molar-refractivity contribution is 5.95. The van der Waals surface area contributed by atoms with Crippen LogP contribution in [0, 0.1) is 12.7 Å². The molecule has 0 spiro atoms. The summed E-state index contributed by atoms with van der Waals surface area (Å²) in [4.78, 5) is 16.7. The summed E-state index contributed by atoms with van der Waals surface area (Å²) in [5.41, 5.74) is 2.35. The second-order valence-corrected chi connectivity index (χ2v) is 5.99. The number of aryl methyl sites for hydroxylation is 1. The van der Waals surface area contributed by atoms with Gasteiger partial charge in [-0.1, -0.05) is 31.2 Å². The van der Waals surface area contributed by atoms with E-state index in [0.29, 0.717) is 23.8 Å². The molecule has 1 aromatic heterocycles. The molecule has 0 bridgehead atoms. The van der Waals surface area contributed by atoms with Crippen LogP contribution in [-0.4, -0.2) is 21.1 Å². The van der Waals surface area contributed by atoms with Gasteiger partial charge in [0.1, 0.15) is 11.6 Å². The van der Waals surface area contributed by atoms with E-state index in [1.54, 1.807) is 12.1 Å². The fraction of sp³-hybridized carbons (Fsp3) is 0.211. The van der Waals surface area contributed by atoms with E-state index in [1.807, 2.05) is 38.1 Å². The van der Waals surface area contributed by atoms with Gasteiger partial charge in [-0.15, -0.1) is 0 Å². The molecule has 3 rings (SSSR count). The molecule has 0 aliphatic carbocycles. The standard InChI is InChI=1S/C19H19FN4O/c1-12(14-7-9-15(20)10-8-14)11-18(25)22-17-6-4-3-5-16(17)19-21-13(2)23-24-19/h3-10,12H,11H2,1-2H3,(H,22,25)(H,21,23,24). The number of aromatic nitrogens is 3. The highest BCUT2D eigenvalue weighted by Gasteiger charge is 2.15. The molecule has 0 saturated carbocycles. The Morgan fingerprint density at radius 3 is 2.60 bits per heavy atom. The summed E-state index contributed by atoms with van der Waals surface area (Å²) in [6.07, 6.45) is 0.299. The Labute approximate surface area is 145 Å². The van der Waals surface area contributed by atoms with Crippen molar-refractivity contribution in [3.05, 3.63) is 65.7 Å². The zero-order chi connectivity index (χ0) is 17.8. The minimum Gasteiger partial charge on any atom is -0.325 e. The number of benzene rings is 2.